The molecule has 6 rings (SSSR count). The van der Waals surface area contributed by atoms with Gasteiger partial charge in [-0.15, -0.1) is 23.2 Å². The van der Waals surface area contributed by atoms with Crippen LogP contribution in [0, 0.1) is 10.8 Å². The lowest BCUT2D eigenvalue weighted by Crippen LogP contribution is -2.35. The summed E-state index contributed by atoms with van der Waals surface area (Å²) in [5, 5.41) is 23.0. The van der Waals surface area contributed by atoms with Gasteiger partial charge < -0.3 is 33.8 Å². The van der Waals surface area contributed by atoms with E-state index in [2.05, 4.69) is 77.1 Å². The largest absolute Gasteiger partial charge is 0.493 e. The number of halogens is 2. The summed E-state index contributed by atoms with van der Waals surface area (Å²) in [5.41, 5.74) is 6.07. The highest BCUT2D eigenvalue weighted by Crippen LogP contribution is 2.35. The number of ether oxygens (including phenoxy) is 2. The SMILES string of the molecule is C.C1CCNCC1.CCCc1c(OCCCC(=O)N2CCCCC2)ccc2c(CC(C)(C)C)noc12.CCCc1c(OCCCC(=O)O)ccc2c(CC(C)(C)C)noc12.ClCCl. The number of likely N-dealkylation sites (tertiary alicyclic amines) is 1. The Morgan fingerprint density at radius 1 is 0.714 bits per heavy atom. The summed E-state index contributed by atoms with van der Waals surface area (Å²) in [7, 11) is 0. The Labute approximate surface area is 388 Å². The lowest BCUT2D eigenvalue weighted by atomic mass is 9.89. The molecule has 2 fully saturated rings. The summed E-state index contributed by atoms with van der Waals surface area (Å²) >= 11 is 9.53. The molecule has 2 aromatic carbocycles. The first-order valence-electron chi connectivity index (χ1n) is 23.0. The molecule has 0 atom stereocenters. The van der Waals surface area contributed by atoms with Crippen molar-refractivity contribution in [2.24, 2.45) is 10.8 Å². The van der Waals surface area contributed by atoms with Crippen LogP contribution in [-0.4, -0.2) is 76.9 Å². The number of piperidine rings is 2. The van der Waals surface area contributed by atoms with E-state index in [0.29, 0.717) is 26.1 Å². The van der Waals surface area contributed by atoms with Gasteiger partial charge in [-0.1, -0.05) is 92.4 Å². The van der Waals surface area contributed by atoms with Crippen molar-refractivity contribution in [2.45, 2.75) is 166 Å². The topological polar surface area (TPSA) is 140 Å². The fourth-order valence-corrected chi connectivity index (χ4v) is 7.60. The number of hydrogen-bond acceptors (Lipinski definition) is 9. The van der Waals surface area contributed by atoms with E-state index in [1.165, 1.54) is 38.8 Å². The Morgan fingerprint density at radius 3 is 1.51 bits per heavy atom. The first-order chi connectivity index (χ1) is 29.6. The van der Waals surface area contributed by atoms with Crippen LogP contribution in [0.25, 0.3) is 21.9 Å². The summed E-state index contributed by atoms with van der Waals surface area (Å²) in [6.07, 6.45) is 15.1. The molecular weight excluding hydrogens is 839 g/mol. The van der Waals surface area contributed by atoms with Gasteiger partial charge in [0.25, 0.3) is 0 Å². The zero-order valence-corrected chi connectivity index (χ0v) is 40.6. The van der Waals surface area contributed by atoms with Crippen LogP contribution in [0.5, 0.6) is 11.5 Å². The highest BCUT2D eigenvalue weighted by Gasteiger charge is 2.23. The Bertz CT molecular complexity index is 1890. The zero-order valence-electron chi connectivity index (χ0n) is 39.1. The van der Waals surface area contributed by atoms with Gasteiger partial charge in [0.1, 0.15) is 11.5 Å². The molecular formula is C50H80Cl2N4O7. The summed E-state index contributed by atoms with van der Waals surface area (Å²) in [6, 6.07) is 8.07. The lowest BCUT2D eigenvalue weighted by Gasteiger charge is -2.26. The van der Waals surface area contributed by atoms with Crippen LogP contribution in [0.1, 0.15) is 162 Å². The molecule has 4 aromatic rings. The number of hydrogen-bond donors (Lipinski definition) is 2. The van der Waals surface area contributed by atoms with Crippen LogP contribution in [0.3, 0.4) is 0 Å². The third kappa shape index (κ3) is 20.0. The summed E-state index contributed by atoms with van der Waals surface area (Å²) in [6.45, 7) is 22.7. The van der Waals surface area contributed by atoms with Gasteiger partial charge in [0.05, 0.1) is 29.9 Å². The van der Waals surface area contributed by atoms with Crippen LogP contribution in [0.2, 0.25) is 0 Å². The van der Waals surface area contributed by atoms with Crippen LogP contribution in [0.15, 0.2) is 33.3 Å². The Morgan fingerprint density at radius 2 is 1.14 bits per heavy atom. The minimum atomic E-state index is -0.801. The highest BCUT2D eigenvalue weighted by molar-refractivity contribution is 6.40. The Hall–Kier alpha value is -3.54. The predicted molar refractivity (Wildman–Crippen MR) is 260 cm³/mol. The normalized spacial score (nSPS) is 14.0. The van der Waals surface area contributed by atoms with Gasteiger partial charge in [0.15, 0.2) is 11.2 Å². The maximum absolute atomic E-state index is 12.3. The molecule has 0 aliphatic carbocycles. The van der Waals surface area contributed by atoms with E-state index in [4.69, 9.17) is 46.8 Å². The van der Waals surface area contributed by atoms with Gasteiger partial charge in [-0.25, -0.2) is 0 Å². The van der Waals surface area contributed by atoms with E-state index in [1.807, 2.05) is 23.1 Å². The van der Waals surface area contributed by atoms with Gasteiger partial charge in [-0.3, -0.25) is 9.59 Å². The van der Waals surface area contributed by atoms with Crippen LogP contribution in [-0.2, 0) is 35.3 Å². The number of carbonyl (C=O) groups excluding carboxylic acids is 1. The molecule has 356 valence electrons. The number of benzene rings is 2. The Balaban J connectivity index is 0.000000361. The molecule has 0 spiro atoms. The standard InChI is InChI=1S/C24H36N2O3.C19H27NO4.C5H11N.CH2Cl2.CH4/c1-5-10-19-21(28-16-9-11-22(27)26-14-7-6-8-15-26)13-12-18-20(17-24(2,3)4)25-29-23(18)19;1-5-7-14-16(23-11-6-8-17(21)22)10-9-13-15(12-19(2,3)4)20-24-18(13)14;1-2-4-6-5-3-1;2-1-3;/h12-13H,5-11,14-17H2,1-4H3;9-10H,5-8,11-12H2,1-4H3,(H,21,22);6H,1-5H2;1H2;1H4. The maximum Gasteiger partial charge on any atom is 0.303 e. The number of aryl methyl sites for hydroxylation is 2. The van der Waals surface area contributed by atoms with Gasteiger partial charge in [-0.2, -0.15) is 0 Å². The number of alkyl halides is 2. The quantitative estimate of drug-likeness (QED) is 0.0824. The van der Waals surface area contributed by atoms with E-state index in [9.17, 15) is 9.59 Å². The molecule has 4 heterocycles. The molecule has 63 heavy (non-hydrogen) atoms. The number of aliphatic carboxylic acids is 1. The van der Waals surface area contributed by atoms with Crippen molar-refractivity contribution in [1.82, 2.24) is 20.5 Å². The number of carbonyl (C=O) groups is 2. The third-order valence-corrected chi connectivity index (χ3v) is 10.4. The molecule has 2 saturated heterocycles. The first-order valence-corrected chi connectivity index (χ1v) is 24.1. The molecule has 2 aliphatic heterocycles. The predicted octanol–water partition coefficient (Wildman–Crippen LogP) is 13.0. The first kappa shape index (κ1) is 55.6. The average molecular weight is 920 g/mol. The number of fused-ring (bicyclic) bond motifs is 2. The van der Waals surface area contributed by atoms with Gasteiger partial charge >= 0.3 is 5.97 Å². The number of carboxylic acids is 1. The van der Waals surface area contributed by atoms with Gasteiger partial charge in [-0.05, 0) is 119 Å². The molecule has 2 N–H and O–H groups in total. The summed E-state index contributed by atoms with van der Waals surface area (Å²) in [5.74, 6) is 1.10. The molecule has 13 heteroatoms. The molecule has 2 aliphatic rings. The number of carboxylic acid groups (broad SMARTS) is 1. The highest BCUT2D eigenvalue weighted by atomic mass is 35.5. The number of amides is 1. The molecule has 1 amide bonds. The number of rotatable bonds is 16. The molecule has 0 unspecified atom stereocenters. The van der Waals surface area contributed by atoms with Crippen molar-refractivity contribution < 1.29 is 33.2 Å². The zero-order chi connectivity index (χ0) is 45.5. The van der Waals surface area contributed by atoms with Gasteiger partial charge in [0.2, 0.25) is 5.91 Å². The average Bonchev–Trinajstić information content (AvgIpc) is 3.83. The Kier molecular flexibility index (Phi) is 25.7. The van der Waals surface area contributed by atoms with E-state index in [0.717, 1.165) is 127 Å². The fourth-order valence-electron chi connectivity index (χ4n) is 7.60. The fraction of sp³-hybridized carbons (Fsp3) is 0.680. The number of aromatic nitrogens is 2. The van der Waals surface area contributed by atoms with E-state index < -0.39 is 5.97 Å². The number of nitrogens with zero attached hydrogens (tertiary/aromatic N) is 3. The second-order valence-electron chi connectivity index (χ2n) is 18.7. The second-order valence-corrected chi connectivity index (χ2v) is 19.5. The summed E-state index contributed by atoms with van der Waals surface area (Å²) in [4.78, 5) is 24.9. The van der Waals surface area contributed by atoms with Crippen molar-refractivity contribution in [3.8, 4) is 11.5 Å². The van der Waals surface area contributed by atoms with Crippen LogP contribution >= 0.6 is 23.2 Å². The molecule has 0 saturated carbocycles. The van der Waals surface area contributed by atoms with Gasteiger partial charge in [0, 0.05) is 47.8 Å². The summed E-state index contributed by atoms with van der Waals surface area (Å²) < 4.78 is 23.3. The lowest BCUT2D eigenvalue weighted by molar-refractivity contribution is -0.137. The van der Waals surface area contributed by atoms with Crippen molar-refractivity contribution in [2.75, 3.05) is 44.7 Å². The number of nitrogens with one attached hydrogen (secondary N) is 1. The minimum absolute atomic E-state index is 0. The molecule has 0 bridgehead atoms. The van der Waals surface area contributed by atoms with Crippen molar-refractivity contribution >= 4 is 57.0 Å². The smallest absolute Gasteiger partial charge is 0.303 e. The van der Waals surface area contributed by atoms with Crippen molar-refractivity contribution in [3.05, 3.63) is 46.8 Å². The maximum atomic E-state index is 12.3. The monoisotopic (exact) mass is 919 g/mol. The second kappa shape index (κ2) is 29.1. The van der Waals surface area contributed by atoms with Crippen molar-refractivity contribution in [1.29, 1.82) is 0 Å². The van der Waals surface area contributed by atoms with Crippen molar-refractivity contribution in [3.63, 3.8) is 0 Å². The molecule has 0 radical (unpaired) electrons. The third-order valence-electron chi connectivity index (χ3n) is 10.4. The van der Waals surface area contributed by atoms with E-state index in [1.54, 1.807) is 0 Å². The van der Waals surface area contributed by atoms with E-state index in [-0.39, 0.29) is 35.9 Å². The minimum Gasteiger partial charge on any atom is -0.493 e. The van der Waals surface area contributed by atoms with Crippen LogP contribution in [0.4, 0.5) is 0 Å². The van der Waals surface area contributed by atoms with Crippen LogP contribution < -0.4 is 14.8 Å². The molecule has 11 nitrogen and oxygen atoms in total. The molecule has 2 aromatic heterocycles. The van der Waals surface area contributed by atoms with E-state index >= 15 is 0 Å².